The van der Waals surface area contributed by atoms with Crippen molar-refractivity contribution >= 4 is 10.9 Å². The van der Waals surface area contributed by atoms with Crippen LogP contribution in [-0.4, -0.2) is 4.98 Å². The summed E-state index contributed by atoms with van der Waals surface area (Å²) < 4.78 is 0. The van der Waals surface area contributed by atoms with Crippen LogP contribution < -0.4 is 0 Å². The van der Waals surface area contributed by atoms with E-state index in [-0.39, 0.29) is 0 Å². The van der Waals surface area contributed by atoms with Crippen molar-refractivity contribution in [3.8, 4) is 12.3 Å². The molecule has 13 heavy (non-hydrogen) atoms. The summed E-state index contributed by atoms with van der Waals surface area (Å²) in [6, 6.07) is 8.37. The third kappa shape index (κ3) is 1.43. The molecule has 0 amide bonds. The Morgan fingerprint density at radius 2 is 2.23 bits per heavy atom. The number of rotatable bonds is 2. The van der Waals surface area contributed by atoms with Gasteiger partial charge in [0, 0.05) is 18.1 Å². The van der Waals surface area contributed by atoms with Gasteiger partial charge in [-0.25, -0.2) is 0 Å². The zero-order valence-electron chi connectivity index (χ0n) is 7.38. The molecule has 0 aliphatic heterocycles. The smallest absolute Gasteiger partial charge is 0.0486 e. The Morgan fingerprint density at radius 1 is 1.31 bits per heavy atom. The van der Waals surface area contributed by atoms with Crippen LogP contribution in [0.4, 0.5) is 0 Å². The Balaban J connectivity index is 2.44. The van der Waals surface area contributed by atoms with Crippen molar-refractivity contribution in [3.63, 3.8) is 0 Å². The Labute approximate surface area is 77.8 Å². The first-order valence-corrected chi connectivity index (χ1v) is 4.40. The number of hydrogen-bond acceptors (Lipinski definition) is 0. The fourth-order valence-electron chi connectivity index (χ4n) is 1.56. The molecule has 0 saturated carbocycles. The van der Waals surface area contributed by atoms with E-state index in [1.807, 2.05) is 6.20 Å². The van der Waals surface area contributed by atoms with E-state index in [9.17, 15) is 0 Å². The van der Waals surface area contributed by atoms with Gasteiger partial charge in [-0.2, -0.15) is 0 Å². The molecule has 0 atom stereocenters. The van der Waals surface area contributed by atoms with Gasteiger partial charge in [-0.15, -0.1) is 12.3 Å². The monoisotopic (exact) mass is 169 g/mol. The maximum atomic E-state index is 5.24. The Hall–Kier alpha value is -1.68. The van der Waals surface area contributed by atoms with Gasteiger partial charge in [-0.3, -0.25) is 0 Å². The number of fused-ring (bicyclic) bond motifs is 1. The van der Waals surface area contributed by atoms with Gasteiger partial charge in [0.05, 0.1) is 0 Å². The molecule has 1 aromatic heterocycles. The standard InChI is InChI=1S/C12H11N/c1-2-3-5-10-6-4-7-11-8-9-13-12(10)11/h1,4,6-9,13H,3,5H2. The average molecular weight is 169 g/mol. The molecule has 0 saturated heterocycles. The Bertz CT molecular complexity index is 445. The predicted octanol–water partition coefficient (Wildman–Crippen LogP) is 2.73. The number of H-pyrrole nitrogens is 1. The number of nitrogens with one attached hydrogen (secondary N) is 1. The molecular weight excluding hydrogens is 158 g/mol. The Kier molecular flexibility index (Phi) is 2.06. The van der Waals surface area contributed by atoms with Gasteiger partial charge in [0.25, 0.3) is 0 Å². The minimum Gasteiger partial charge on any atom is -0.361 e. The van der Waals surface area contributed by atoms with E-state index in [0.717, 1.165) is 12.8 Å². The predicted molar refractivity (Wildman–Crippen MR) is 55.5 cm³/mol. The zero-order chi connectivity index (χ0) is 9.10. The molecule has 0 unspecified atom stereocenters. The second-order valence-electron chi connectivity index (χ2n) is 3.06. The first-order chi connectivity index (χ1) is 6.42. The molecule has 1 heterocycles. The molecule has 0 radical (unpaired) electrons. The lowest BCUT2D eigenvalue weighted by atomic mass is 10.1. The van der Waals surface area contributed by atoms with Crippen LogP contribution >= 0.6 is 0 Å². The van der Waals surface area contributed by atoms with E-state index in [2.05, 4.69) is 35.2 Å². The SMILES string of the molecule is C#CCCc1cccc2cc[nH]c12. The van der Waals surface area contributed by atoms with Gasteiger partial charge in [-0.05, 0) is 23.4 Å². The summed E-state index contributed by atoms with van der Waals surface area (Å²) in [4.78, 5) is 3.23. The molecule has 0 aliphatic rings. The van der Waals surface area contributed by atoms with Crippen molar-refractivity contribution in [3.05, 3.63) is 36.0 Å². The van der Waals surface area contributed by atoms with Crippen LogP contribution in [0.3, 0.4) is 0 Å². The van der Waals surface area contributed by atoms with Crippen LogP contribution in [0.25, 0.3) is 10.9 Å². The summed E-state index contributed by atoms with van der Waals surface area (Å²) in [6.07, 6.45) is 8.95. The Morgan fingerprint density at radius 3 is 3.08 bits per heavy atom. The minimum atomic E-state index is 0.804. The van der Waals surface area contributed by atoms with Crippen LogP contribution in [0.2, 0.25) is 0 Å². The molecule has 0 bridgehead atoms. The van der Waals surface area contributed by atoms with Crippen molar-refractivity contribution in [1.82, 2.24) is 4.98 Å². The first-order valence-electron chi connectivity index (χ1n) is 4.40. The number of para-hydroxylation sites is 1. The molecule has 1 aromatic carbocycles. The van der Waals surface area contributed by atoms with Crippen LogP contribution in [0.5, 0.6) is 0 Å². The summed E-state index contributed by atoms with van der Waals surface area (Å²) in [7, 11) is 0. The van der Waals surface area contributed by atoms with E-state index in [1.165, 1.54) is 16.5 Å². The highest BCUT2D eigenvalue weighted by Crippen LogP contribution is 2.17. The van der Waals surface area contributed by atoms with Crippen molar-refractivity contribution in [2.24, 2.45) is 0 Å². The average Bonchev–Trinajstić information content (AvgIpc) is 2.62. The highest BCUT2D eigenvalue weighted by Gasteiger charge is 1.99. The van der Waals surface area contributed by atoms with Gasteiger partial charge in [-0.1, -0.05) is 18.2 Å². The normalized spacial score (nSPS) is 10.1. The fraction of sp³-hybridized carbons (Fsp3) is 0.167. The molecule has 1 nitrogen and oxygen atoms in total. The fourth-order valence-corrected chi connectivity index (χ4v) is 1.56. The molecule has 1 N–H and O–H groups in total. The number of aromatic nitrogens is 1. The molecule has 0 spiro atoms. The van der Waals surface area contributed by atoms with Crippen molar-refractivity contribution in [2.75, 3.05) is 0 Å². The third-order valence-corrected chi connectivity index (χ3v) is 2.21. The van der Waals surface area contributed by atoms with Crippen molar-refractivity contribution in [2.45, 2.75) is 12.8 Å². The summed E-state index contributed by atoms with van der Waals surface area (Å²) in [5.74, 6) is 2.66. The molecule has 0 fully saturated rings. The number of benzene rings is 1. The van der Waals surface area contributed by atoms with Crippen LogP contribution in [-0.2, 0) is 6.42 Å². The second-order valence-corrected chi connectivity index (χ2v) is 3.06. The number of aromatic amines is 1. The maximum absolute atomic E-state index is 5.24. The van der Waals surface area contributed by atoms with Gasteiger partial charge < -0.3 is 4.98 Å². The van der Waals surface area contributed by atoms with Crippen LogP contribution in [0.15, 0.2) is 30.5 Å². The largest absolute Gasteiger partial charge is 0.361 e. The quantitative estimate of drug-likeness (QED) is 0.665. The van der Waals surface area contributed by atoms with Crippen molar-refractivity contribution < 1.29 is 0 Å². The third-order valence-electron chi connectivity index (χ3n) is 2.21. The lowest BCUT2D eigenvalue weighted by Gasteiger charge is -1.99. The lowest BCUT2D eigenvalue weighted by Crippen LogP contribution is -1.84. The summed E-state index contributed by atoms with van der Waals surface area (Å²) in [5, 5.41) is 1.26. The van der Waals surface area contributed by atoms with E-state index < -0.39 is 0 Å². The van der Waals surface area contributed by atoms with Gasteiger partial charge >= 0.3 is 0 Å². The van der Waals surface area contributed by atoms with E-state index in [4.69, 9.17) is 6.42 Å². The summed E-state index contributed by atoms with van der Waals surface area (Å²) in [6.45, 7) is 0. The van der Waals surface area contributed by atoms with Crippen LogP contribution in [0, 0.1) is 12.3 Å². The molecule has 1 heteroatoms. The lowest BCUT2D eigenvalue weighted by molar-refractivity contribution is 1.04. The number of hydrogen-bond donors (Lipinski definition) is 1. The van der Waals surface area contributed by atoms with Gasteiger partial charge in [0.2, 0.25) is 0 Å². The molecule has 64 valence electrons. The highest BCUT2D eigenvalue weighted by atomic mass is 14.7. The summed E-state index contributed by atoms with van der Waals surface area (Å²) in [5.41, 5.74) is 2.53. The zero-order valence-corrected chi connectivity index (χ0v) is 7.38. The highest BCUT2D eigenvalue weighted by molar-refractivity contribution is 5.82. The summed E-state index contributed by atoms with van der Waals surface area (Å²) >= 11 is 0. The molecule has 2 aromatic rings. The van der Waals surface area contributed by atoms with Gasteiger partial charge in [0.1, 0.15) is 0 Å². The minimum absolute atomic E-state index is 0.804. The van der Waals surface area contributed by atoms with E-state index in [1.54, 1.807) is 0 Å². The van der Waals surface area contributed by atoms with Crippen LogP contribution in [0.1, 0.15) is 12.0 Å². The first kappa shape index (κ1) is 7.94. The number of terminal acetylenes is 1. The molecule has 2 rings (SSSR count). The van der Waals surface area contributed by atoms with E-state index >= 15 is 0 Å². The number of aryl methyl sites for hydroxylation is 1. The molecule has 0 aliphatic carbocycles. The van der Waals surface area contributed by atoms with Crippen molar-refractivity contribution in [1.29, 1.82) is 0 Å². The topological polar surface area (TPSA) is 15.8 Å². The maximum Gasteiger partial charge on any atom is 0.0486 e. The van der Waals surface area contributed by atoms with Gasteiger partial charge in [0.15, 0.2) is 0 Å². The van der Waals surface area contributed by atoms with E-state index in [0.29, 0.717) is 0 Å². The molecular formula is C12H11N. The second kappa shape index (κ2) is 3.37.